The van der Waals surface area contributed by atoms with Crippen molar-refractivity contribution >= 4 is 22.7 Å². The molecule has 0 saturated carbocycles. The molecular formula is C19H24N4O3. The normalized spacial score (nSPS) is 14.9. The molecule has 1 fully saturated rings. The van der Waals surface area contributed by atoms with E-state index in [0.29, 0.717) is 37.1 Å². The Bertz CT molecular complexity index is 895. The van der Waals surface area contributed by atoms with Gasteiger partial charge in [0.15, 0.2) is 0 Å². The van der Waals surface area contributed by atoms with Crippen LogP contribution in [0.2, 0.25) is 0 Å². The number of aryl methyl sites for hydroxylation is 1. The largest absolute Gasteiger partial charge is 0.339 e. The lowest BCUT2D eigenvalue weighted by Crippen LogP contribution is -2.52. The maximum atomic E-state index is 12.6. The standard InChI is InChI=1S/C19H24N4O3/c1-13(2)18(25)22-9-7-21(8-10-22)16(24)11-23-12-20-17-14(3)5-4-6-15(17)19(23)26/h4-6,12-13H,7-11H2,1-3H3. The molecule has 138 valence electrons. The lowest BCUT2D eigenvalue weighted by atomic mass is 10.1. The van der Waals surface area contributed by atoms with E-state index in [4.69, 9.17) is 0 Å². The summed E-state index contributed by atoms with van der Waals surface area (Å²) < 4.78 is 1.36. The van der Waals surface area contributed by atoms with E-state index >= 15 is 0 Å². The Kier molecular flexibility index (Phi) is 5.06. The first-order valence-corrected chi connectivity index (χ1v) is 8.90. The quantitative estimate of drug-likeness (QED) is 0.823. The van der Waals surface area contributed by atoms with Crippen LogP contribution in [0.5, 0.6) is 0 Å². The molecule has 1 aromatic carbocycles. The Morgan fingerprint density at radius 3 is 2.42 bits per heavy atom. The summed E-state index contributed by atoms with van der Waals surface area (Å²) in [6.07, 6.45) is 1.44. The van der Waals surface area contributed by atoms with E-state index in [-0.39, 0.29) is 29.8 Å². The van der Waals surface area contributed by atoms with Crippen molar-refractivity contribution in [3.8, 4) is 0 Å². The zero-order chi connectivity index (χ0) is 18.8. The number of nitrogens with zero attached hydrogens (tertiary/aromatic N) is 4. The zero-order valence-corrected chi connectivity index (χ0v) is 15.4. The van der Waals surface area contributed by atoms with Crippen LogP contribution in [-0.2, 0) is 16.1 Å². The van der Waals surface area contributed by atoms with Gasteiger partial charge in [-0.05, 0) is 18.6 Å². The average molecular weight is 356 g/mol. The summed E-state index contributed by atoms with van der Waals surface area (Å²) in [6, 6.07) is 5.45. The minimum Gasteiger partial charge on any atom is -0.339 e. The Morgan fingerprint density at radius 1 is 1.12 bits per heavy atom. The lowest BCUT2D eigenvalue weighted by Gasteiger charge is -2.35. The molecule has 3 rings (SSSR count). The van der Waals surface area contributed by atoms with Crippen LogP contribution in [0.25, 0.3) is 10.9 Å². The van der Waals surface area contributed by atoms with Crippen LogP contribution in [0.3, 0.4) is 0 Å². The number of benzene rings is 1. The molecule has 2 aromatic rings. The van der Waals surface area contributed by atoms with Crippen LogP contribution in [-0.4, -0.2) is 57.3 Å². The number of rotatable bonds is 3. The molecule has 0 unspecified atom stereocenters. The predicted molar refractivity (Wildman–Crippen MR) is 98.7 cm³/mol. The number of aromatic nitrogens is 2. The molecule has 7 nitrogen and oxygen atoms in total. The van der Waals surface area contributed by atoms with Crippen LogP contribution >= 0.6 is 0 Å². The molecule has 2 amide bonds. The van der Waals surface area contributed by atoms with Gasteiger partial charge in [0.1, 0.15) is 6.54 Å². The van der Waals surface area contributed by atoms with Crippen LogP contribution in [0, 0.1) is 12.8 Å². The van der Waals surface area contributed by atoms with E-state index in [0.717, 1.165) is 5.56 Å². The minimum absolute atomic E-state index is 0.0339. The van der Waals surface area contributed by atoms with Gasteiger partial charge in [0, 0.05) is 32.1 Å². The number of para-hydroxylation sites is 1. The topological polar surface area (TPSA) is 75.5 Å². The molecule has 2 heterocycles. The van der Waals surface area contributed by atoms with Crippen molar-refractivity contribution in [3.05, 3.63) is 40.4 Å². The molecule has 0 spiro atoms. The van der Waals surface area contributed by atoms with E-state index in [2.05, 4.69) is 4.98 Å². The number of carbonyl (C=O) groups is 2. The van der Waals surface area contributed by atoms with Gasteiger partial charge in [-0.25, -0.2) is 4.98 Å². The molecule has 0 aliphatic carbocycles. The molecule has 1 aliphatic rings. The van der Waals surface area contributed by atoms with Crippen molar-refractivity contribution in [2.45, 2.75) is 27.3 Å². The van der Waals surface area contributed by atoms with Gasteiger partial charge < -0.3 is 9.80 Å². The molecule has 0 atom stereocenters. The van der Waals surface area contributed by atoms with E-state index in [9.17, 15) is 14.4 Å². The molecule has 26 heavy (non-hydrogen) atoms. The third-order valence-corrected chi connectivity index (χ3v) is 4.80. The SMILES string of the molecule is Cc1cccc2c(=O)n(CC(=O)N3CCN(C(=O)C(C)C)CC3)cnc12. The Balaban J connectivity index is 1.70. The van der Waals surface area contributed by atoms with Crippen LogP contribution < -0.4 is 5.56 Å². The van der Waals surface area contributed by atoms with Gasteiger partial charge >= 0.3 is 0 Å². The summed E-state index contributed by atoms with van der Waals surface area (Å²) in [4.78, 5) is 45.0. The number of hydrogen-bond donors (Lipinski definition) is 0. The van der Waals surface area contributed by atoms with Crippen molar-refractivity contribution in [1.82, 2.24) is 19.4 Å². The highest BCUT2D eigenvalue weighted by molar-refractivity contribution is 5.82. The van der Waals surface area contributed by atoms with Crippen molar-refractivity contribution in [3.63, 3.8) is 0 Å². The predicted octanol–water partition coefficient (Wildman–Crippen LogP) is 1.03. The van der Waals surface area contributed by atoms with Crippen molar-refractivity contribution < 1.29 is 9.59 Å². The van der Waals surface area contributed by atoms with Gasteiger partial charge in [0.2, 0.25) is 11.8 Å². The Morgan fingerprint density at radius 2 is 1.77 bits per heavy atom. The van der Waals surface area contributed by atoms with E-state index < -0.39 is 0 Å². The van der Waals surface area contributed by atoms with Gasteiger partial charge in [-0.2, -0.15) is 0 Å². The van der Waals surface area contributed by atoms with E-state index in [1.54, 1.807) is 15.9 Å². The Labute approximate surface area is 152 Å². The summed E-state index contributed by atoms with van der Waals surface area (Å²) in [5, 5.41) is 0.521. The smallest absolute Gasteiger partial charge is 0.261 e. The monoisotopic (exact) mass is 356 g/mol. The van der Waals surface area contributed by atoms with Gasteiger partial charge in [-0.3, -0.25) is 19.0 Å². The van der Waals surface area contributed by atoms with E-state index in [1.165, 1.54) is 10.9 Å². The summed E-state index contributed by atoms with van der Waals surface area (Å²) in [7, 11) is 0. The number of carbonyl (C=O) groups excluding carboxylic acids is 2. The summed E-state index contributed by atoms with van der Waals surface area (Å²) in [5.74, 6) is -0.0528. The third-order valence-electron chi connectivity index (χ3n) is 4.80. The fourth-order valence-electron chi connectivity index (χ4n) is 3.24. The molecular weight excluding hydrogens is 332 g/mol. The second-order valence-corrected chi connectivity index (χ2v) is 7.01. The number of piperazine rings is 1. The van der Waals surface area contributed by atoms with Crippen molar-refractivity contribution in [2.24, 2.45) is 5.92 Å². The summed E-state index contributed by atoms with van der Waals surface area (Å²) in [6.45, 7) is 7.68. The third kappa shape index (κ3) is 3.47. The summed E-state index contributed by atoms with van der Waals surface area (Å²) in [5.41, 5.74) is 1.40. The average Bonchev–Trinajstić information content (AvgIpc) is 2.64. The molecule has 0 N–H and O–H groups in total. The molecule has 1 aromatic heterocycles. The van der Waals surface area contributed by atoms with Gasteiger partial charge in [0.05, 0.1) is 17.2 Å². The first-order chi connectivity index (χ1) is 12.4. The number of amides is 2. The van der Waals surface area contributed by atoms with Crippen molar-refractivity contribution in [2.75, 3.05) is 26.2 Å². The zero-order valence-electron chi connectivity index (χ0n) is 15.4. The van der Waals surface area contributed by atoms with E-state index in [1.807, 2.05) is 32.9 Å². The Hall–Kier alpha value is -2.70. The first kappa shape index (κ1) is 18.1. The molecule has 1 aliphatic heterocycles. The molecule has 0 bridgehead atoms. The fourth-order valence-corrected chi connectivity index (χ4v) is 3.24. The number of hydrogen-bond acceptors (Lipinski definition) is 4. The molecule has 1 saturated heterocycles. The lowest BCUT2D eigenvalue weighted by molar-refractivity contribution is -0.141. The first-order valence-electron chi connectivity index (χ1n) is 8.90. The van der Waals surface area contributed by atoms with Crippen LogP contribution in [0.1, 0.15) is 19.4 Å². The highest BCUT2D eigenvalue weighted by Gasteiger charge is 2.25. The second kappa shape index (κ2) is 7.27. The highest BCUT2D eigenvalue weighted by atomic mass is 16.2. The minimum atomic E-state index is -0.208. The molecule has 7 heteroatoms. The maximum absolute atomic E-state index is 12.6. The highest BCUT2D eigenvalue weighted by Crippen LogP contribution is 2.12. The van der Waals surface area contributed by atoms with Gasteiger partial charge in [-0.1, -0.05) is 26.0 Å². The van der Waals surface area contributed by atoms with Crippen LogP contribution in [0.4, 0.5) is 0 Å². The van der Waals surface area contributed by atoms with Gasteiger partial charge in [0.25, 0.3) is 5.56 Å². The summed E-state index contributed by atoms with van der Waals surface area (Å²) >= 11 is 0. The maximum Gasteiger partial charge on any atom is 0.261 e. The fraction of sp³-hybridized carbons (Fsp3) is 0.474. The molecule has 0 radical (unpaired) electrons. The van der Waals surface area contributed by atoms with Crippen molar-refractivity contribution in [1.29, 1.82) is 0 Å². The number of fused-ring (bicyclic) bond motifs is 1. The van der Waals surface area contributed by atoms with Gasteiger partial charge in [-0.15, -0.1) is 0 Å². The second-order valence-electron chi connectivity index (χ2n) is 7.01. The van der Waals surface area contributed by atoms with Crippen LogP contribution in [0.15, 0.2) is 29.3 Å².